The number of ether oxygens (including phenoxy) is 3. The molecule has 0 aliphatic heterocycles. The van der Waals surface area contributed by atoms with Crippen molar-refractivity contribution in [2.24, 2.45) is 0 Å². The summed E-state index contributed by atoms with van der Waals surface area (Å²) < 4.78 is 17.4. The highest BCUT2D eigenvalue weighted by atomic mass is 32.1. The van der Waals surface area contributed by atoms with Crippen LogP contribution in [-0.2, 0) is 0 Å². The Balaban J connectivity index is 1.71. The lowest BCUT2D eigenvalue weighted by Crippen LogP contribution is -2.05. The Hall–Kier alpha value is -4.10. The van der Waals surface area contributed by atoms with Crippen molar-refractivity contribution in [3.05, 3.63) is 83.0 Å². The molecule has 0 bridgehead atoms. The number of hydrogen-bond donors (Lipinski definition) is 1. The van der Waals surface area contributed by atoms with Crippen molar-refractivity contribution in [2.45, 2.75) is 0 Å². The molecule has 0 spiro atoms. The molecular formula is C27H22N2O4S. The minimum atomic E-state index is -0.191. The van der Waals surface area contributed by atoms with Crippen LogP contribution in [0, 0.1) is 0 Å². The summed E-state index contributed by atoms with van der Waals surface area (Å²) in [6.07, 6.45) is 3.79. The third-order valence-corrected chi connectivity index (χ3v) is 6.69. The summed E-state index contributed by atoms with van der Waals surface area (Å²) in [5, 5.41) is 1.67. The predicted octanol–water partition coefficient (Wildman–Crippen LogP) is 6.23. The van der Waals surface area contributed by atoms with E-state index in [1.54, 1.807) is 12.1 Å². The van der Waals surface area contributed by atoms with Gasteiger partial charge in [-0.25, -0.2) is 4.98 Å². The Morgan fingerprint density at radius 2 is 1.65 bits per heavy atom. The van der Waals surface area contributed by atoms with Gasteiger partial charge in [0.05, 0.1) is 37.1 Å². The van der Waals surface area contributed by atoms with E-state index in [0.717, 1.165) is 26.7 Å². The Bertz CT molecular complexity index is 1490. The molecule has 0 aliphatic rings. The molecule has 2 heterocycles. The third kappa shape index (κ3) is 3.80. The number of nitrogens with zero attached hydrogens (tertiary/aromatic N) is 1. The maximum atomic E-state index is 14.0. The van der Waals surface area contributed by atoms with Gasteiger partial charge in [-0.15, -0.1) is 11.3 Å². The van der Waals surface area contributed by atoms with E-state index in [2.05, 4.69) is 4.98 Å². The topological polar surface area (TPSA) is 73.4 Å². The van der Waals surface area contributed by atoms with Crippen LogP contribution in [-0.4, -0.2) is 37.1 Å². The molecule has 0 aliphatic carbocycles. The molecule has 170 valence electrons. The van der Waals surface area contributed by atoms with Crippen LogP contribution < -0.4 is 14.2 Å². The van der Waals surface area contributed by atoms with Gasteiger partial charge in [0.25, 0.3) is 0 Å². The standard InChI is InChI=1S/C27H22N2O4S/c1-31-22-13-16(14-23(32-2)26(22)33-3)25(30)19(27-29-21-10-6-7-11-24(21)34-27)12-17-15-28-20-9-5-4-8-18(17)20/h4-15,28H,1-3H3/b19-12+. The number of carbonyl (C=O) groups excluding carboxylic acids is 1. The van der Waals surface area contributed by atoms with Gasteiger partial charge in [0.1, 0.15) is 5.01 Å². The zero-order valence-corrected chi connectivity index (χ0v) is 19.7. The summed E-state index contributed by atoms with van der Waals surface area (Å²) >= 11 is 1.49. The SMILES string of the molecule is COc1cc(C(=O)/C(=C\c2c[nH]c3ccccc23)c2nc3ccccc3s2)cc(OC)c1OC. The number of nitrogens with one attached hydrogen (secondary N) is 1. The van der Waals surface area contributed by atoms with Crippen LogP contribution >= 0.6 is 11.3 Å². The van der Waals surface area contributed by atoms with Crippen LogP contribution in [0.5, 0.6) is 17.2 Å². The zero-order chi connectivity index (χ0) is 23.7. The first kappa shape index (κ1) is 21.7. The van der Waals surface area contributed by atoms with E-state index in [0.29, 0.717) is 33.4 Å². The molecule has 0 fully saturated rings. The maximum absolute atomic E-state index is 14.0. The summed E-state index contributed by atoms with van der Waals surface area (Å²) in [5.74, 6) is 1.08. The van der Waals surface area contributed by atoms with Crippen molar-refractivity contribution >= 4 is 49.9 Å². The lowest BCUT2D eigenvalue weighted by atomic mass is 10.00. The molecule has 0 radical (unpaired) electrons. The highest BCUT2D eigenvalue weighted by Gasteiger charge is 2.23. The number of aromatic nitrogens is 2. The van der Waals surface area contributed by atoms with Crippen molar-refractivity contribution < 1.29 is 19.0 Å². The van der Waals surface area contributed by atoms with Crippen molar-refractivity contribution in [1.29, 1.82) is 0 Å². The molecule has 1 N–H and O–H groups in total. The second kappa shape index (κ2) is 9.03. The van der Waals surface area contributed by atoms with Crippen LogP contribution in [0.4, 0.5) is 0 Å². The van der Waals surface area contributed by atoms with Crippen molar-refractivity contribution in [3.63, 3.8) is 0 Å². The van der Waals surface area contributed by atoms with E-state index in [9.17, 15) is 4.79 Å². The maximum Gasteiger partial charge on any atom is 0.203 e. The molecule has 0 atom stereocenters. The molecule has 0 saturated heterocycles. The fourth-order valence-electron chi connectivity index (χ4n) is 3.95. The van der Waals surface area contributed by atoms with E-state index < -0.39 is 0 Å². The molecule has 2 aromatic heterocycles. The highest BCUT2D eigenvalue weighted by molar-refractivity contribution is 7.20. The number of H-pyrrole nitrogens is 1. The number of para-hydroxylation sites is 2. The molecule has 0 amide bonds. The summed E-state index contributed by atoms with van der Waals surface area (Å²) in [4.78, 5) is 22.0. The first-order valence-corrected chi connectivity index (χ1v) is 11.4. The number of ketones is 1. The normalized spacial score (nSPS) is 11.7. The third-order valence-electron chi connectivity index (χ3n) is 5.62. The van der Waals surface area contributed by atoms with Gasteiger partial charge in [0, 0.05) is 28.2 Å². The lowest BCUT2D eigenvalue weighted by Gasteiger charge is -2.14. The van der Waals surface area contributed by atoms with Gasteiger partial charge in [-0.05, 0) is 36.4 Å². The fraction of sp³-hybridized carbons (Fsp3) is 0.111. The first-order chi connectivity index (χ1) is 16.6. The van der Waals surface area contributed by atoms with E-state index in [4.69, 9.17) is 19.2 Å². The van der Waals surface area contributed by atoms with Crippen molar-refractivity contribution in [1.82, 2.24) is 9.97 Å². The van der Waals surface area contributed by atoms with Crippen LogP contribution in [0.1, 0.15) is 20.9 Å². The number of thiazole rings is 1. The van der Waals surface area contributed by atoms with Crippen LogP contribution in [0.3, 0.4) is 0 Å². The number of Topliss-reactive ketones (excluding diaryl/α,β-unsaturated/α-hetero) is 1. The molecule has 5 aromatic rings. The molecule has 34 heavy (non-hydrogen) atoms. The van der Waals surface area contributed by atoms with E-state index >= 15 is 0 Å². The van der Waals surface area contributed by atoms with Gasteiger partial charge in [0.2, 0.25) is 5.75 Å². The van der Waals surface area contributed by atoms with Gasteiger partial charge in [-0.1, -0.05) is 30.3 Å². The number of aromatic amines is 1. The molecule has 7 heteroatoms. The molecule has 6 nitrogen and oxygen atoms in total. The molecule has 0 saturated carbocycles. The number of methoxy groups -OCH3 is 3. The predicted molar refractivity (Wildman–Crippen MR) is 136 cm³/mol. The quantitative estimate of drug-likeness (QED) is 0.226. The number of carbonyl (C=O) groups is 1. The number of allylic oxidation sites excluding steroid dienone is 1. The van der Waals surface area contributed by atoms with E-state index in [-0.39, 0.29) is 5.78 Å². The lowest BCUT2D eigenvalue weighted by molar-refractivity contribution is 0.105. The van der Waals surface area contributed by atoms with Crippen molar-refractivity contribution in [3.8, 4) is 17.2 Å². The average Bonchev–Trinajstić information content (AvgIpc) is 3.49. The number of rotatable bonds is 7. The summed E-state index contributed by atoms with van der Waals surface area (Å²) in [5.41, 5.74) is 3.66. The summed E-state index contributed by atoms with van der Waals surface area (Å²) in [6, 6.07) is 19.2. The Labute approximate surface area is 200 Å². The van der Waals surface area contributed by atoms with Crippen LogP contribution in [0.25, 0.3) is 32.8 Å². The van der Waals surface area contributed by atoms with E-state index in [1.807, 2.05) is 60.8 Å². The summed E-state index contributed by atoms with van der Waals surface area (Å²) in [6.45, 7) is 0. The molecule has 3 aromatic carbocycles. The van der Waals surface area contributed by atoms with Gasteiger partial charge in [-0.2, -0.15) is 0 Å². The number of benzene rings is 3. The van der Waals surface area contributed by atoms with Crippen molar-refractivity contribution in [2.75, 3.05) is 21.3 Å². The van der Waals surface area contributed by atoms with E-state index in [1.165, 1.54) is 32.7 Å². The van der Waals surface area contributed by atoms with Gasteiger partial charge >= 0.3 is 0 Å². The number of fused-ring (bicyclic) bond motifs is 2. The Kier molecular flexibility index (Phi) is 5.77. The fourth-order valence-corrected chi connectivity index (χ4v) is 4.93. The number of hydrogen-bond acceptors (Lipinski definition) is 6. The zero-order valence-electron chi connectivity index (χ0n) is 18.9. The van der Waals surface area contributed by atoms with Crippen LogP contribution in [0.2, 0.25) is 0 Å². The van der Waals surface area contributed by atoms with Gasteiger partial charge in [-0.3, -0.25) is 4.79 Å². The highest BCUT2D eigenvalue weighted by Crippen LogP contribution is 2.40. The minimum absolute atomic E-state index is 0.191. The molecular weight excluding hydrogens is 448 g/mol. The Morgan fingerprint density at radius 1 is 0.941 bits per heavy atom. The van der Waals surface area contributed by atoms with Crippen LogP contribution in [0.15, 0.2) is 66.9 Å². The molecule has 0 unspecified atom stereocenters. The van der Waals surface area contributed by atoms with Gasteiger partial charge < -0.3 is 19.2 Å². The van der Waals surface area contributed by atoms with Gasteiger partial charge in [0.15, 0.2) is 17.3 Å². The first-order valence-electron chi connectivity index (χ1n) is 10.6. The summed E-state index contributed by atoms with van der Waals surface area (Å²) in [7, 11) is 4.59. The largest absolute Gasteiger partial charge is 0.493 e. The molecule has 5 rings (SSSR count). The minimum Gasteiger partial charge on any atom is -0.493 e. The smallest absolute Gasteiger partial charge is 0.203 e. The monoisotopic (exact) mass is 470 g/mol. The second-order valence-corrected chi connectivity index (χ2v) is 8.61. The Morgan fingerprint density at radius 3 is 2.35 bits per heavy atom. The average molecular weight is 471 g/mol. The second-order valence-electron chi connectivity index (χ2n) is 7.58.